The molecule has 4 rings (SSSR count). The summed E-state index contributed by atoms with van der Waals surface area (Å²) >= 11 is 0. The van der Waals surface area contributed by atoms with Crippen molar-refractivity contribution >= 4 is 27.5 Å². The summed E-state index contributed by atoms with van der Waals surface area (Å²) in [4.78, 5) is 29.3. The highest BCUT2D eigenvalue weighted by atomic mass is 32.2. The number of carbonyl (C=O) groups excluding carboxylic acids is 2. The van der Waals surface area contributed by atoms with E-state index >= 15 is 0 Å². The van der Waals surface area contributed by atoms with Crippen LogP contribution in [0.3, 0.4) is 0 Å². The molecular formula is C35H38FN3O5S. The van der Waals surface area contributed by atoms with Gasteiger partial charge in [-0.25, -0.2) is 12.8 Å². The van der Waals surface area contributed by atoms with Crippen LogP contribution in [-0.2, 0) is 32.6 Å². The first-order valence-electron chi connectivity index (χ1n) is 14.9. The fraction of sp³-hybridized carbons (Fsp3) is 0.257. The third-order valence-corrected chi connectivity index (χ3v) is 8.92. The van der Waals surface area contributed by atoms with Gasteiger partial charge in [0.15, 0.2) is 0 Å². The van der Waals surface area contributed by atoms with Gasteiger partial charge in [0.25, 0.3) is 10.0 Å². The van der Waals surface area contributed by atoms with Crippen LogP contribution >= 0.6 is 0 Å². The maximum absolute atomic E-state index is 14.4. The van der Waals surface area contributed by atoms with E-state index in [1.54, 1.807) is 24.3 Å². The molecule has 45 heavy (non-hydrogen) atoms. The van der Waals surface area contributed by atoms with Crippen molar-refractivity contribution in [3.05, 3.63) is 126 Å². The summed E-state index contributed by atoms with van der Waals surface area (Å²) in [5.74, 6) is -0.966. The lowest BCUT2D eigenvalue weighted by atomic mass is 10.0. The van der Waals surface area contributed by atoms with Crippen LogP contribution in [-0.4, -0.2) is 50.9 Å². The normalized spacial score (nSPS) is 11.8. The Hall–Kier alpha value is -4.70. The molecule has 0 aliphatic carbocycles. The number of ether oxygens (including phenoxy) is 1. The molecule has 0 aliphatic rings. The number of rotatable bonds is 15. The second-order valence-corrected chi connectivity index (χ2v) is 12.3. The van der Waals surface area contributed by atoms with Crippen molar-refractivity contribution < 1.29 is 27.1 Å². The molecule has 0 heterocycles. The molecule has 1 N–H and O–H groups in total. The minimum absolute atomic E-state index is 0.0738. The number of nitrogens with zero attached hydrogens (tertiary/aromatic N) is 2. The van der Waals surface area contributed by atoms with Crippen LogP contribution in [0.25, 0.3) is 0 Å². The zero-order chi connectivity index (χ0) is 32.2. The standard InChI is InChI=1S/C35H38FN3O5S/c1-3-23-37-35(41)33(24-27-11-7-5-8-12-27)38(25-28-13-9-6-10-14-28)34(40)26-39(30-17-19-31(20-18-30)44-4-2)45(42,43)32-21-15-29(36)16-22-32/h5-22,33H,3-4,23-26H2,1-2H3,(H,37,41)/t33-/m1/s1. The van der Waals surface area contributed by atoms with E-state index in [9.17, 15) is 22.4 Å². The van der Waals surface area contributed by atoms with Crippen molar-refractivity contribution in [2.45, 2.75) is 44.2 Å². The smallest absolute Gasteiger partial charge is 0.264 e. The van der Waals surface area contributed by atoms with Gasteiger partial charge in [-0.3, -0.25) is 13.9 Å². The highest BCUT2D eigenvalue weighted by Gasteiger charge is 2.34. The third-order valence-electron chi connectivity index (χ3n) is 7.13. The summed E-state index contributed by atoms with van der Waals surface area (Å²) in [5, 5.41) is 2.92. The Morgan fingerprint density at radius 3 is 2.00 bits per heavy atom. The Bertz CT molecular complexity index is 1630. The zero-order valence-electron chi connectivity index (χ0n) is 25.4. The van der Waals surface area contributed by atoms with Crippen LogP contribution in [0.1, 0.15) is 31.4 Å². The molecule has 0 aromatic heterocycles. The molecule has 0 saturated carbocycles. The number of hydrogen-bond acceptors (Lipinski definition) is 5. The molecule has 236 valence electrons. The monoisotopic (exact) mass is 631 g/mol. The third kappa shape index (κ3) is 8.92. The summed E-state index contributed by atoms with van der Waals surface area (Å²) in [7, 11) is -4.34. The van der Waals surface area contributed by atoms with E-state index in [0.29, 0.717) is 25.3 Å². The first kappa shape index (κ1) is 33.2. The first-order chi connectivity index (χ1) is 21.7. The number of anilines is 1. The van der Waals surface area contributed by atoms with E-state index in [1.165, 1.54) is 4.90 Å². The molecule has 2 amide bonds. The Morgan fingerprint density at radius 2 is 1.42 bits per heavy atom. The van der Waals surface area contributed by atoms with Crippen molar-refractivity contribution in [3.8, 4) is 5.75 Å². The van der Waals surface area contributed by atoms with Gasteiger partial charge in [-0.2, -0.15) is 0 Å². The number of hydrogen-bond donors (Lipinski definition) is 1. The van der Waals surface area contributed by atoms with Crippen molar-refractivity contribution in [1.82, 2.24) is 10.2 Å². The molecule has 0 radical (unpaired) electrons. The molecule has 1 atom stereocenters. The van der Waals surface area contributed by atoms with Gasteiger partial charge in [0.05, 0.1) is 17.2 Å². The van der Waals surface area contributed by atoms with Gasteiger partial charge < -0.3 is 15.0 Å². The van der Waals surface area contributed by atoms with Gasteiger partial charge in [-0.15, -0.1) is 0 Å². The van der Waals surface area contributed by atoms with Crippen LogP contribution in [0.4, 0.5) is 10.1 Å². The summed E-state index contributed by atoms with van der Waals surface area (Å²) in [6, 6.07) is 28.5. The second-order valence-electron chi connectivity index (χ2n) is 10.4. The number of nitrogens with one attached hydrogen (secondary N) is 1. The summed E-state index contributed by atoms with van der Waals surface area (Å²) in [6.07, 6.45) is 0.931. The van der Waals surface area contributed by atoms with Gasteiger partial charge >= 0.3 is 0 Å². The van der Waals surface area contributed by atoms with Gasteiger partial charge in [0, 0.05) is 19.5 Å². The molecule has 8 nitrogen and oxygen atoms in total. The molecular weight excluding hydrogens is 593 g/mol. The first-order valence-corrected chi connectivity index (χ1v) is 16.3. The van der Waals surface area contributed by atoms with Crippen LogP contribution < -0.4 is 14.4 Å². The quantitative estimate of drug-likeness (QED) is 0.185. The van der Waals surface area contributed by atoms with Crippen LogP contribution in [0.2, 0.25) is 0 Å². The average molecular weight is 632 g/mol. The lowest BCUT2D eigenvalue weighted by molar-refractivity contribution is -0.140. The summed E-state index contributed by atoms with van der Waals surface area (Å²) in [5.41, 5.74) is 1.84. The largest absolute Gasteiger partial charge is 0.494 e. The molecule has 0 fully saturated rings. The van der Waals surface area contributed by atoms with E-state index in [4.69, 9.17) is 4.74 Å². The van der Waals surface area contributed by atoms with Crippen molar-refractivity contribution in [2.75, 3.05) is 24.0 Å². The predicted molar refractivity (Wildman–Crippen MR) is 173 cm³/mol. The van der Waals surface area contributed by atoms with Gasteiger partial charge in [-0.1, -0.05) is 67.6 Å². The average Bonchev–Trinajstić information content (AvgIpc) is 3.05. The Balaban J connectivity index is 1.78. The topological polar surface area (TPSA) is 96.0 Å². The van der Waals surface area contributed by atoms with Crippen LogP contribution in [0.5, 0.6) is 5.75 Å². The predicted octanol–water partition coefficient (Wildman–Crippen LogP) is 5.59. The van der Waals surface area contributed by atoms with Crippen LogP contribution in [0.15, 0.2) is 114 Å². The number of amides is 2. The lowest BCUT2D eigenvalue weighted by Gasteiger charge is -2.34. The lowest BCUT2D eigenvalue weighted by Crippen LogP contribution is -2.53. The number of benzene rings is 4. The molecule has 0 unspecified atom stereocenters. The van der Waals surface area contributed by atoms with E-state index < -0.39 is 34.3 Å². The van der Waals surface area contributed by atoms with E-state index in [1.807, 2.05) is 74.5 Å². The van der Waals surface area contributed by atoms with Gasteiger partial charge in [0.2, 0.25) is 11.8 Å². The van der Waals surface area contributed by atoms with Crippen molar-refractivity contribution in [3.63, 3.8) is 0 Å². The van der Waals surface area contributed by atoms with Crippen LogP contribution in [0, 0.1) is 5.82 Å². The number of carbonyl (C=O) groups is 2. The minimum atomic E-state index is -4.34. The highest BCUT2D eigenvalue weighted by Crippen LogP contribution is 2.27. The molecule has 4 aromatic rings. The maximum atomic E-state index is 14.4. The van der Waals surface area contributed by atoms with E-state index in [0.717, 1.165) is 39.7 Å². The maximum Gasteiger partial charge on any atom is 0.264 e. The van der Waals surface area contributed by atoms with Gasteiger partial charge in [-0.05, 0) is 73.0 Å². The van der Waals surface area contributed by atoms with Gasteiger partial charge in [0.1, 0.15) is 24.2 Å². The number of sulfonamides is 1. The summed E-state index contributed by atoms with van der Waals surface area (Å²) in [6.45, 7) is 4.09. The summed E-state index contributed by atoms with van der Waals surface area (Å²) < 4.78 is 48.3. The van der Waals surface area contributed by atoms with E-state index in [-0.39, 0.29) is 29.5 Å². The fourth-order valence-corrected chi connectivity index (χ4v) is 6.25. The Morgan fingerprint density at radius 1 is 0.822 bits per heavy atom. The molecule has 4 aromatic carbocycles. The molecule has 0 aliphatic heterocycles. The fourth-order valence-electron chi connectivity index (χ4n) is 4.84. The van der Waals surface area contributed by atoms with E-state index in [2.05, 4.69) is 5.32 Å². The molecule has 0 saturated heterocycles. The number of halogens is 1. The van der Waals surface area contributed by atoms with Crippen molar-refractivity contribution in [2.24, 2.45) is 0 Å². The SMILES string of the molecule is CCCNC(=O)[C@@H](Cc1ccccc1)N(Cc1ccccc1)C(=O)CN(c1ccc(OCC)cc1)S(=O)(=O)c1ccc(F)cc1. The molecule has 0 bridgehead atoms. The highest BCUT2D eigenvalue weighted by molar-refractivity contribution is 7.92. The molecule has 0 spiro atoms. The molecule has 10 heteroatoms. The minimum Gasteiger partial charge on any atom is -0.494 e. The zero-order valence-corrected chi connectivity index (χ0v) is 26.3. The second kappa shape index (κ2) is 15.9. The Kier molecular flexibility index (Phi) is 11.7. The van der Waals surface area contributed by atoms with Crippen molar-refractivity contribution in [1.29, 1.82) is 0 Å². The Labute approximate surface area is 264 Å².